The van der Waals surface area contributed by atoms with Gasteiger partial charge in [0.1, 0.15) is 5.69 Å². The highest BCUT2D eigenvalue weighted by atomic mass is 16.6. The van der Waals surface area contributed by atoms with Crippen molar-refractivity contribution in [2.45, 2.75) is 32.2 Å². The Hall–Kier alpha value is -3.74. The molecular formula is C24H26N4O3. The maximum Gasteiger partial charge on any atom is 0.293 e. The molecule has 160 valence electrons. The Morgan fingerprint density at radius 1 is 1.10 bits per heavy atom. The molecule has 0 saturated carbocycles. The lowest BCUT2D eigenvalue weighted by Crippen LogP contribution is -2.28. The number of benzene rings is 2. The van der Waals surface area contributed by atoms with Crippen molar-refractivity contribution in [3.05, 3.63) is 99.9 Å². The molecule has 1 amide bonds. The molecular weight excluding hydrogens is 392 g/mol. The van der Waals surface area contributed by atoms with Crippen molar-refractivity contribution in [1.82, 2.24) is 10.3 Å². The lowest BCUT2D eigenvalue weighted by Gasteiger charge is -2.17. The molecule has 3 rings (SSSR count). The molecule has 0 aliphatic carbocycles. The molecule has 0 bridgehead atoms. The van der Waals surface area contributed by atoms with Crippen molar-refractivity contribution in [1.29, 1.82) is 0 Å². The maximum absolute atomic E-state index is 12.7. The molecule has 2 unspecified atom stereocenters. The monoisotopic (exact) mass is 418 g/mol. The summed E-state index contributed by atoms with van der Waals surface area (Å²) in [7, 11) is 0. The Bertz CT molecular complexity index is 1030. The minimum absolute atomic E-state index is 0.148. The van der Waals surface area contributed by atoms with Crippen LogP contribution in [0, 0.1) is 10.1 Å². The third-order valence-electron chi connectivity index (χ3n) is 5.23. The zero-order chi connectivity index (χ0) is 22.2. The molecule has 0 spiro atoms. The van der Waals surface area contributed by atoms with Gasteiger partial charge in [-0.2, -0.15) is 0 Å². The third kappa shape index (κ3) is 5.66. The molecule has 0 aliphatic rings. The summed E-state index contributed by atoms with van der Waals surface area (Å²) in [5, 5.41) is 17.7. The second kappa shape index (κ2) is 10.3. The Balaban J connectivity index is 1.72. The first-order chi connectivity index (χ1) is 15.0. The number of nitrogens with zero attached hydrogens (tertiary/aromatic N) is 2. The molecule has 0 aliphatic heterocycles. The van der Waals surface area contributed by atoms with Crippen molar-refractivity contribution in [3.63, 3.8) is 0 Å². The number of hydrogen-bond acceptors (Lipinski definition) is 5. The number of nitro benzene ring substituents is 1. The van der Waals surface area contributed by atoms with Gasteiger partial charge in [-0.05, 0) is 43.2 Å². The van der Waals surface area contributed by atoms with Crippen LogP contribution in [-0.2, 0) is 0 Å². The second-order valence-corrected chi connectivity index (χ2v) is 7.34. The van der Waals surface area contributed by atoms with Crippen LogP contribution in [0.25, 0.3) is 0 Å². The number of pyridine rings is 1. The number of hydrogen-bond donors (Lipinski definition) is 2. The highest BCUT2D eigenvalue weighted by Gasteiger charge is 2.20. The molecule has 0 radical (unpaired) electrons. The number of carbonyl (C=O) groups excluding carboxylic acids is 1. The van der Waals surface area contributed by atoms with Crippen LogP contribution in [-0.4, -0.2) is 22.4 Å². The van der Waals surface area contributed by atoms with Crippen LogP contribution in [0.15, 0.2) is 72.9 Å². The smallest absolute Gasteiger partial charge is 0.293 e. The summed E-state index contributed by atoms with van der Waals surface area (Å²) in [5.74, 6) is -0.151. The number of aromatic nitrogens is 1. The van der Waals surface area contributed by atoms with E-state index in [9.17, 15) is 14.9 Å². The van der Waals surface area contributed by atoms with Crippen LogP contribution in [0.2, 0.25) is 0 Å². The van der Waals surface area contributed by atoms with Crippen LogP contribution < -0.4 is 10.6 Å². The fourth-order valence-corrected chi connectivity index (χ4v) is 3.43. The molecule has 1 aromatic heterocycles. The van der Waals surface area contributed by atoms with E-state index in [1.165, 1.54) is 6.07 Å². The standard InChI is InChI=1S/C24H26N4O3/c1-3-18(19-9-5-4-6-10-19)16-26-24(29)20-12-13-22(23(15-20)28(30)31)27-17(2)21-11-7-8-14-25-21/h4-15,17-18,27H,3,16H2,1-2H3,(H,26,29). The second-order valence-electron chi connectivity index (χ2n) is 7.34. The van der Waals surface area contributed by atoms with E-state index in [0.717, 1.165) is 17.7 Å². The summed E-state index contributed by atoms with van der Waals surface area (Å²) in [6.45, 7) is 4.41. The normalized spacial score (nSPS) is 12.6. The fourth-order valence-electron chi connectivity index (χ4n) is 3.43. The highest BCUT2D eigenvalue weighted by Crippen LogP contribution is 2.29. The van der Waals surface area contributed by atoms with Crippen LogP contribution in [0.5, 0.6) is 0 Å². The topological polar surface area (TPSA) is 97.2 Å². The van der Waals surface area contributed by atoms with Gasteiger partial charge >= 0.3 is 0 Å². The summed E-state index contributed by atoms with van der Waals surface area (Å²) in [6.07, 6.45) is 2.55. The molecule has 0 saturated heterocycles. The highest BCUT2D eigenvalue weighted by molar-refractivity contribution is 5.95. The largest absolute Gasteiger partial charge is 0.371 e. The van der Waals surface area contributed by atoms with Gasteiger partial charge in [0.05, 0.1) is 16.7 Å². The Morgan fingerprint density at radius 2 is 1.84 bits per heavy atom. The average molecular weight is 418 g/mol. The summed E-state index contributed by atoms with van der Waals surface area (Å²) in [4.78, 5) is 28.1. The van der Waals surface area contributed by atoms with E-state index in [2.05, 4.69) is 22.5 Å². The number of carbonyl (C=O) groups is 1. The van der Waals surface area contributed by atoms with E-state index in [-0.39, 0.29) is 29.1 Å². The van der Waals surface area contributed by atoms with Crippen molar-refractivity contribution >= 4 is 17.3 Å². The molecule has 2 N–H and O–H groups in total. The number of nitro groups is 1. The summed E-state index contributed by atoms with van der Waals surface area (Å²) < 4.78 is 0. The Kier molecular flexibility index (Phi) is 7.32. The lowest BCUT2D eigenvalue weighted by atomic mass is 9.96. The number of amides is 1. The summed E-state index contributed by atoms with van der Waals surface area (Å²) >= 11 is 0. The summed E-state index contributed by atoms with van der Waals surface area (Å²) in [5.41, 5.74) is 2.37. The first-order valence-electron chi connectivity index (χ1n) is 10.3. The van der Waals surface area contributed by atoms with Gasteiger partial charge in [0.15, 0.2) is 0 Å². The number of nitrogens with one attached hydrogen (secondary N) is 2. The quantitative estimate of drug-likeness (QED) is 0.373. The van der Waals surface area contributed by atoms with Crippen molar-refractivity contribution in [2.24, 2.45) is 0 Å². The van der Waals surface area contributed by atoms with E-state index in [0.29, 0.717) is 12.2 Å². The van der Waals surface area contributed by atoms with Gasteiger partial charge < -0.3 is 10.6 Å². The summed E-state index contributed by atoms with van der Waals surface area (Å²) in [6, 6.07) is 19.8. The van der Waals surface area contributed by atoms with Crippen molar-refractivity contribution in [3.8, 4) is 0 Å². The van der Waals surface area contributed by atoms with Gasteiger partial charge in [-0.3, -0.25) is 19.9 Å². The minimum atomic E-state index is -0.483. The van der Waals surface area contributed by atoms with E-state index in [1.807, 2.05) is 55.5 Å². The van der Waals surface area contributed by atoms with Gasteiger partial charge in [-0.25, -0.2) is 0 Å². The minimum Gasteiger partial charge on any atom is -0.371 e. The molecule has 31 heavy (non-hydrogen) atoms. The molecule has 1 heterocycles. The van der Waals surface area contributed by atoms with Crippen LogP contribution in [0.3, 0.4) is 0 Å². The predicted molar refractivity (Wildman–Crippen MR) is 121 cm³/mol. The van der Waals surface area contributed by atoms with Crippen LogP contribution in [0.4, 0.5) is 11.4 Å². The van der Waals surface area contributed by atoms with Gasteiger partial charge in [0.2, 0.25) is 0 Å². The molecule has 7 nitrogen and oxygen atoms in total. The Labute approximate surface area is 181 Å². The number of rotatable bonds is 9. The maximum atomic E-state index is 12.7. The van der Waals surface area contributed by atoms with Gasteiger partial charge in [-0.1, -0.05) is 43.3 Å². The molecule has 2 aromatic carbocycles. The van der Waals surface area contributed by atoms with Crippen molar-refractivity contribution < 1.29 is 9.72 Å². The third-order valence-corrected chi connectivity index (χ3v) is 5.23. The molecule has 2 atom stereocenters. The van der Waals surface area contributed by atoms with E-state index in [1.54, 1.807) is 18.3 Å². The first-order valence-corrected chi connectivity index (χ1v) is 10.3. The fraction of sp³-hybridized carbons (Fsp3) is 0.250. The lowest BCUT2D eigenvalue weighted by molar-refractivity contribution is -0.384. The zero-order valence-corrected chi connectivity index (χ0v) is 17.6. The van der Waals surface area contributed by atoms with Crippen LogP contribution >= 0.6 is 0 Å². The van der Waals surface area contributed by atoms with Gasteiger partial charge in [-0.15, -0.1) is 0 Å². The van der Waals surface area contributed by atoms with E-state index in [4.69, 9.17) is 0 Å². The van der Waals surface area contributed by atoms with Crippen LogP contribution in [0.1, 0.15) is 53.8 Å². The van der Waals surface area contributed by atoms with E-state index < -0.39 is 4.92 Å². The average Bonchev–Trinajstić information content (AvgIpc) is 2.80. The van der Waals surface area contributed by atoms with E-state index >= 15 is 0 Å². The zero-order valence-electron chi connectivity index (χ0n) is 17.6. The Morgan fingerprint density at radius 3 is 2.48 bits per heavy atom. The molecule has 3 aromatic rings. The predicted octanol–water partition coefficient (Wildman–Crippen LogP) is 5.09. The van der Waals surface area contributed by atoms with Gasteiger partial charge in [0, 0.05) is 30.3 Å². The van der Waals surface area contributed by atoms with Crippen molar-refractivity contribution in [2.75, 3.05) is 11.9 Å². The SMILES string of the molecule is CCC(CNC(=O)c1ccc(NC(C)c2ccccn2)c([N+](=O)[O-])c1)c1ccccc1. The molecule has 0 fully saturated rings. The first kappa shape index (κ1) is 22.0. The van der Waals surface area contributed by atoms with Gasteiger partial charge in [0.25, 0.3) is 11.6 Å². The molecule has 7 heteroatoms. The number of anilines is 1.